The summed E-state index contributed by atoms with van der Waals surface area (Å²) in [6.07, 6.45) is 2.12. The number of hydrogen-bond acceptors (Lipinski definition) is 4. The van der Waals surface area contributed by atoms with Gasteiger partial charge in [-0.05, 0) is 12.5 Å². The lowest BCUT2D eigenvalue weighted by atomic mass is 10.4. The first kappa shape index (κ1) is 10.7. The molecule has 1 rings (SSSR count). The topological polar surface area (TPSA) is 52.6 Å². The Hall–Kier alpha value is -0.390. The summed E-state index contributed by atoms with van der Waals surface area (Å²) in [4.78, 5) is 0. The third-order valence-corrected chi connectivity index (χ3v) is 3.09. The molecule has 4 nitrogen and oxygen atoms in total. The predicted molar refractivity (Wildman–Crippen MR) is 49.2 cm³/mol. The molecule has 0 amide bonds. The van der Waals surface area contributed by atoms with Gasteiger partial charge in [0.2, 0.25) is 0 Å². The van der Waals surface area contributed by atoms with Gasteiger partial charge in [-0.1, -0.05) is 0 Å². The van der Waals surface area contributed by atoms with Gasteiger partial charge in [-0.2, -0.15) is 0 Å². The summed E-state index contributed by atoms with van der Waals surface area (Å²) < 4.78 is 32.0. The van der Waals surface area contributed by atoms with E-state index in [4.69, 9.17) is 9.47 Å². The van der Waals surface area contributed by atoms with Gasteiger partial charge in [-0.3, -0.25) is 0 Å². The fourth-order valence-electron chi connectivity index (χ4n) is 1.09. The molecular formula is C8H14O4S. The van der Waals surface area contributed by atoms with Crippen molar-refractivity contribution in [1.82, 2.24) is 0 Å². The molecule has 0 bridgehead atoms. The lowest BCUT2D eigenvalue weighted by Crippen LogP contribution is -2.16. The van der Waals surface area contributed by atoms with Crippen molar-refractivity contribution in [3.05, 3.63) is 11.5 Å². The molecular weight excluding hydrogens is 192 g/mol. The van der Waals surface area contributed by atoms with Crippen LogP contribution in [0.15, 0.2) is 11.5 Å². The first-order valence-corrected chi connectivity index (χ1v) is 5.87. The maximum atomic E-state index is 10.9. The summed E-state index contributed by atoms with van der Waals surface area (Å²) in [6, 6.07) is 0. The van der Waals surface area contributed by atoms with Crippen LogP contribution in [0, 0.1) is 0 Å². The highest BCUT2D eigenvalue weighted by atomic mass is 32.2. The van der Waals surface area contributed by atoms with Crippen LogP contribution in [0.3, 0.4) is 0 Å². The van der Waals surface area contributed by atoms with Crippen molar-refractivity contribution in [1.29, 1.82) is 0 Å². The number of hydrogen-bond donors (Lipinski definition) is 0. The summed E-state index contributed by atoms with van der Waals surface area (Å²) >= 11 is 0. The highest BCUT2D eigenvalue weighted by molar-refractivity contribution is 7.94. The van der Waals surface area contributed by atoms with Crippen LogP contribution in [-0.4, -0.2) is 40.6 Å². The van der Waals surface area contributed by atoms with Gasteiger partial charge >= 0.3 is 0 Å². The van der Waals surface area contributed by atoms with Gasteiger partial charge in [-0.15, -0.1) is 0 Å². The number of rotatable bonds is 5. The van der Waals surface area contributed by atoms with E-state index >= 15 is 0 Å². The predicted octanol–water partition coefficient (Wildman–Crippen LogP) is 0.350. The van der Waals surface area contributed by atoms with Gasteiger partial charge in [0.05, 0.1) is 11.9 Å². The Kier molecular flexibility index (Phi) is 3.90. The summed E-state index contributed by atoms with van der Waals surface area (Å²) in [5.74, 6) is 0.0833. The maximum absolute atomic E-state index is 10.9. The number of ether oxygens (including phenoxy) is 2. The maximum Gasteiger partial charge on any atom is 0.174 e. The van der Waals surface area contributed by atoms with E-state index < -0.39 is 9.84 Å². The van der Waals surface area contributed by atoms with E-state index in [-0.39, 0.29) is 11.9 Å². The van der Waals surface area contributed by atoms with Gasteiger partial charge in [0, 0.05) is 25.7 Å². The Bertz CT molecular complexity index is 268. The van der Waals surface area contributed by atoms with Crippen LogP contribution in [0.1, 0.15) is 6.42 Å². The summed E-state index contributed by atoms with van der Waals surface area (Å²) in [7, 11) is -1.35. The van der Waals surface area contributed by atoms with Crippen LogP contribution < -0.4 is 0 Å². The second kappa shape index (κ2) is 4.74. The van der Waals surface area contributed by atoms with E-state index in [1.165, 1.54) is 5.41 Å². The molecule has 0 spiro atoms. The van der Waals surface area contributed by atoms with Gasteiger partial charge in [0.25, 0.3) is 0 Å². The number of sulfone groups is 1. The molecule has 1 atom stereocenters. The molecule has 0 aliphatic carbocycles. The van der Waals surface area contributed by atoms with Gasteiger partial charge in [-0.25, -0.2) is 8.42 Å². The zero-order valence-electron chi connectivity index (χ0n) is 7.60. The molecule has 0 aromatic rings. The molecule has 0 aromatic carbocycles. The van der Waals surface area contributed by atoms with Crippen LogP contribution in [0.4, 0.5) is 0 Å². The van der Waals surface area contributed by atoms with E-state index in [9.17, 15) is 8.42 Å². The molecule has 1 unspecified atom stereocenters. The monoisotopic (exact) mass is 206 g/mol. The number of methoxy groups -OCH3 is 1. The lowest BCUT2D eigenvalue weighted by Gasteiger charge is -2.07. The molecule has 1 heterocycles. The standard InChI is InChI=1S/C8H14O4S/c1-11-4-2-5-12-8-3-6-13(9,10)7-8/h3,6,8H,2,4-5,7H2,1H3. The molecule has 0 saturated carbocycles. The van der Waals surface area contributed by atoms with Crippen molar-refractivity contribution in [3.8, 4) is 0 Å². The zero-order chi connectivity index (χ0) is 9.73. The highest BCUT2D eigenvalue weighted by Gasteiger charge is 2.21. The zero-order valence-corrected chi connectivity index (χ0v) is 8.42. The van der Waals surface area contributed by atoms with Crippen LogP contribution in [-0.2, 0) is 19.3 Å². The average molecular weight is 206 g/mol. The first-order valence-electron chi connectivity index (χ1n) is 4.15. The Balaban J connectivity index is 2.16. The SMILES string of the molecule is COCCCOC1C=CS(=O)(=O)C1. The minimum Gasteiger partial charge on any atom is -0.385 e. The van der Waals surface area contributed by atoms with Crippen LogP contribution in [0.25, 0.3) is 0 Å². The molecule has 5 heteroatoms. The van der Waals surface area contributed by atoms with Crippen molar-refractivity contribution >= 4 is 9.84 Å². The van der Waals surface area contributed by atoms with Crippen molar-refractivity contribution in [3.63, 3.8) is 0 Å². The van der Waals surface area contributed by atoms with Crippen molar-refractivity contribution in [2.24, 2.45) is 0 Å². The van der Waals surface area contributed by atoms with Gasteiger partial charge < -0.3 is 9.47 Å². The summed E-state index contributed by atoms with van der Waals surface area (Å²) in [5.41, 5.74) is 0. The largest absolute Gasteiger partial charge is 0.385 e. The molecule has 76 valence electrons. The Labute approximate surface area is 78.5 Å². The minimum atomic E-state index is -2.97. The first-order chi connectivity index (χ1) is 6.14. The van der Waals surface area contributed by atoms with Crippen molar-refractivity contribution in [2.45, 2.75) is 12.5 Å². The third kappa shape index (κ3) is 3.89. The van der Waals surface area contributed by atoms with E-state index in [2.05, 4.69) is 0 Å². The lowest BCUT2D eigenvalue weighted by molar-refractivity contribution is 0.0785. The second-order valence-corrected chi connectivity index (χ2v) is 4.84. The minimum absolute atomic E-state index is 0.0833. The van der Waals surface area contributed by atoms with Crippen molar-refractivity contribution < 1.29 is 17.9 Å². The van der Waals surface area contributed by atoms with Crippen LogP contribution in [0.5, 0.6) is 0 Å². The second-order valence-electron chi connectivity index (χ2n) is 2.91. The highest BCUT2D eigenvalue weighted by Crippen LogP contribution is 2.11. The molecule has 1 aliphatic rings. The van der Waals surface area contributed by atoms with E-state index in [0.717, 1.165) is 6.42 Å². The van der Waals surface area contributed by atoms with Crippen molar-refractivity contribution in [2.75, 3.05) is 26.1 Å². The van der Waals surface area contributed by atoms with Crippen LogP contribution >= 0.6 is 0 Å². The quantitative estimate of drug-likeness (QED) is 0.609. The molecule has 0 N–H and O–H groups in total. The average Bonchev–Trinajstić information content (AvgIpc) is 2.40. The normalized spacial score (nSPS) is 25.2. The fourth-order valence-corrected chi connectivity index (χ4v) is 2.28. The third-order valence-electron chi connectivity index (χ3n) is 1.72. The van der Waals surface area contributed by atoms with E-state index in [1.54, 1.807) is 13.2 Å². The van der Waals surface area contributed by atoms with E-state index in [1.807, 2.05) is 0 Å². The molecule has 0 radical (unpaired) electrons. The summed E-state index contributed by atoms with van der Waals surface area (Å²) in [6.45, 7) is 1.18. The molecule has 1 aliphatic heterocycles. The Morgan fingerprint density at radius 3 is 2.77 bits per heavy atom. The molecule has 0 fully saturated rings. The van der Waals surface area contributed by atoms with Crippen LogP contribution in [0.2, 0.25) is 0 Å². The van der Waals surface area contributed by atoms with Gasteiger partial charge in [0.15, 0.2) is 9.84 Å². The Morgan fingerprint density at radius 2 is 2.23 bits per heavy atom. The van der Waals surface area contributed by atoms with Gasteiger partial charge in [0.1, 0.15) is 0 Å². The smallest absolute Gasteiger partial charge is 0.174 e. The van der Waals surface area contributed by atoms with E-state index in [0.29, 0.717) is 13.2 Å². The fraction of sp³-hybridized carbons (Fsp3) is 0.750. The molecule has 0 aromatic heterocycles. The Morgan fingerprint density at radius 1 is 1.46 bits per heavy atom. The summed E-state index contributed by atoms with van der Waals surface area (Å²) in [5, 5.41) is 1.22. The molecule has 13 heavy (non-hydrogen) atoms. The molecule has 0 saturated heterocycles.